The zero-order valence-electron chi connectivity index (χ0n) is 17.7. The molecule has 170 valence electrons. The summed E-state index contributed by atoms with van der Waals surface area (Å²) >= 11 is 0. The van der Waals surface area contributed by atoms with Gasteiger partial charge in [-0.25, -0.2) is 0 Å². The lowest BCUT2D eigenvalue weighted by Gasteiger charge is -2.21. The molecule has 8 nitrogen and oxygen atoms in total. The Bertz CT molecular complexity index is 639. The third-order valence-corrected chi connectivity index (χ3v) is 4.61. The molecular formula is C21H35IN4O4. The van der Waals surface area contributed by atoms with Crippen LogP contribution < -0.4 is 16.0 Å². The summed E-state index contributed by atoms with van der Waals surface area (Å²) in [5.41, 5.74) is 0.272. The molecule has 1 heterocycles. The number of para-hydroxylation sites is 1. The summed E-state index contributed by atoms with van der Waals surface area (Å²) in [7, 11) is 0. The van der Waals surface area contributed by atoms with Gasteiger partial charge in [-0.3, -0.25) is 9.79 Å². The van der Waals surface area contributed by atoms with Crippen LogP contribution in [0.25, 0.3) is 0 Å². The average Bonchev–Trinajstić information content (AvgIpc) is 2.74. The van der Waals surface area contributed by atoms with Crippen LogP contribution in [0, 0.1) is 5.92 Å². The summed E-state index contributed by atoms with van der Waals surface area (Å²) in [6.45, 7) is 7.61. The van der Waals surface area contributed by atoms with Crippen molar-refractivity contribution in [2.75, 3.05) is 52.6 Å². The Balaban J connectivity index is 0.00000450. The summed E-state index contributed by atoms with van der Waals surface area (Å²) in [6.07, 6.45) is 3.05. The number of aromatic hydroxyl groups is 1. The number of hydrogen-bond acceptors (Lipinski definition) is 5. The molecule has 0 unspecified atom stereocenters. The number of ether oxygens (including phenoxy) is 2. The van der Waals surface area contributed by atoms with Gasteiger partial charge in [0, 0.05) is 52.6 Å². The zero-order chi connectivity index (χ0) is 20.7. The van der Waals surface area contributed by atoms with Gasteiger partial charge in [-0.2, -0.15) is 0 Å². The van der Waals surface area contributed by atoms with E-state index < -0.39 is 0 Å². The lowest BCUT2D eigenvalue weighted by molar-refractivity contribution is 0.0205. The van der Waals surface area contributed by atoms with E-state index in [1.54, 1.807) is 18.2 Å². The van der Waals surface area contributed by atoms with Crippen molar-refractivity contribution in [1.29, 1.82) is 0 Å². The highest BCUT2D eigenvalue weighted by molar-refractivity contribution is 14.0. The van der Waals surface area contributed by atoms with Crippen LogP contribution in [-0.2, 0) is 9.47 Å². The summed E-state index contributed by atoms with van der Waals surface area (Å²) in [4.78, 5) is 16.6. The molecule has 1 amide bonds. The third kappa shape index (κ3) is 10.4. The minimum atomic E-state index is -0.298. The molecule has 2 rings (SSSR count). The van der Waals surface area contributed by atoms with Crippen LogP contribution in [0.15, 0.2) is 29.3 Å². The van der Waals surface area contributed by atoms with Crippen molar-refractivity contribution in [3.8, 4) is 5.75 Å². The molecule has 9 heteroatoms. The lowest BCUT2D eigenvalue weighted by Crippen LogP contribution is -2.41. The summed E-state index contributed by atoms with van der Waals surface area (Å²) in [5.74, 6) is 1.02. The van der Waals surface area contributed by atoms with E-state index in [1.165, 1.54) is 6.07 Å². The van der Waals surface area contributed by atoms with Gasteiger partial charge >= 0.3 is 0 Å². The Labute approximate surface area is 196 Å². The first-order valence-corrected chi connectivity index (χ1v) is 10.4. The Morgan fingerprint density at radius 3 is 2.67 bits per heavy atom. The van der Waals surface area contributed by atoms with E-state index in [0.29, 0.717) is 38.1 Å². The van der Waals surface area contributed by atoms with E-state index >= 15 is 0 Å². The molecule has 0 bridgehead atoms. The number of rotatable bonds is 11. The fourth-order valence-corrected chi connectivity index (χ4v) is 2.98. The van der Waals surface area contributed by atoms with Gasteiger partial charge in [0.1, 0.15) is 5.75 Å². The Hall–Kier alpha value is -1.59. The van der Waals surface area contributed by atoms with E-state index in [2.05, 4.69) is 20.9 Å². The molecule has 4 N–H and O–H groups in total. The predicted octanol–water partition coefficient (Wildman–Crippen LogP) is 2.13. The smallest absolute Gasteiger partial charge is 0.255 e. The van der Waals surface area contributed by atoms with Crippen molar-refractivity contribution in [1.82, 2.24) is 16.0 Å². The maximum absolute atomic E-state index is 12.1. The van der Waals surface area contributed by atoms with Crippen LogP contribution in [0.1, 0.15) is 36.5 Å². The van der Waals surface area contributed by atoms with Crippen LogP contribution in [-0.4, -0.2) is 69.6 Å². The molecule has 0 spiro atoms. The number of phenolic OH excluding ortho intramolecular Hbond substituents is 1. The molecule has 0 saturated carbocycles. The molecule has 1 aromatic rings. The number of carbonyl (C=O) groups excluding carboxylic acids is 1. The van der Waals surface area contributed by atoms with Gasteiger partial charge in [0.25, 0.3) is 5.91 Å². The maximum Gasteiger partial charge on any atom is 0.255 e. The molecule has 1 aliphatic heterocycles. The second-order valence-electron chi connectivity index (χ2n) is 6.94. The minimum Gasteiger partial charge on any atom is -0.507 e. The fraction of sp³-hybridized carbons (Fsp3) is 0.619. The molecule has 0 atom stereocenters. The van der Waals surface area contributed by atoms with E-state index in [9.17, 15) is 9.90 Å². The average molecular weight is 534 g/mol. The Kier molecular flexibility index (Phi) is 14.2. The molecule has 30 heavy (non-hydrogen) atoms. The lowest BCUT2D eigenvalue weighted by atomic mass is 10.0. The van der Waals surface area contributed by atoms with E-state index in [4.69, 9.17) is 9.47 Å². The monoisotopic (exact) mass is 534 g/mol. The maximum atomic E-state index is 12.1. The number of amides is 1. The van der Waals surface area contributed by atoms with Gasteiger partial charge in [0.15, 0.2) is 5.96 Å². The highest BCUT2D eigenvalue weighted by Crippen LogP contribution is 2.15. The number of nitrogens with one attached hydrogen (secondary N) is 3. The molecule has 1 fully saturated rings. The van der Waals surface area contributed by atoms with E-state index in [0.717, 1.165) is 45.6 Å². The predicted molar refractivity (Wildman–Crippen MR) is 129 cm³/mol. The van der Waals surface area contributed by atoms with Crippen molar-refractivity contribution in [3.63, 3.8) is 0 Å². The minimum absolute atomic E-state index is 0. The molecule has 0 radical (unpaired) electrons. The second-order valence-corrected chi connectivity index (χ2v) is 6.94. The standard InChI is InChI=1S/C21H34N4O4.HI/c1-2-22-21(24-10-5-13-29-16-17-8-14-28-15-9-17)25-12-11-23-20(27)18-6-3-4-7-19(18)26;/h3-4,6-7,17,26H,2,5,8-16H2,1H3,(H,23,27)(H2,22,24,25);1H. The number of hydrogen-bond donors (Lipinski definition) is 4. The normalized spacial score (nSPS) is 14.6. The summed E-state index contributed by atoms with van der Waals surface area (Å²) in [5, 5.41) is 18.9. The van der Waals surface area contributed by atoms with E-state index in [1.807, 2.05) is 6.92 Å². The molecule has 0 aliphatic carbocycles. The van der Waals surface area contributed by atoms with Crippen LogP contribution >= 0.6 is 24.0 Å². The quantitative estimate of drug-likeness (QED) is 0.150. The fourth-order valence-electron chi connectivity index (χ4n) is 2.98. The van der Waals surface area contributed by atoms with Gasteiger partial charge in [-0.05, 0) is 44.2 Å². The van der Waals surface area contributed by atoms with Gasteiger partial charge in [0.05, 0.1) is 5.56 Å². The number of benzene rings is 1. The van der Waals surface area contributed by atoms with Crippen LogP contribution in [0.5, 0.6) is 5.75 Å². The first-order valence-electron chi connectivity index (χ1n) is 10.4. The highest BCUT2D eigenvalue weighted by Gasteiger charge is 2.13. The van der Waals surface area contributed by atoms with Crippen molar-refractivity contribution in [3.05, 3.63) is 29.8 Å². The van der Waals surface area contributed by atoms with Crippen LogP contribution in [0.2, 0.25) is 0 Å². The summed E-state index contributed by atoms with van der Waals surface area (Å²) < 4.78 is 11.1. The van der Waals surface area contributed by atoms with Crippen LogP contribution in [0.4, 0.5) is 0 Å². The van der Waals surface area contributed by atoms with Gasteiger partial charge in [-0.1, -0.05) is 12.1 Å². The zero-order valence-corrected chi connectivity index (χ0v) is 20.0. The largest absolute Gasteiger partial charge is 0.507 e. The van der Waals surface area contributed by atoms with Gasteiger partial charge in [-0.15, -0.1) is 24.0 Å². The number of guanidine groups is 1. The first-order chi connectivity index (χ1) is 14.2. The van der Waals surface area contributed by atoms with Crippen LogP contribution in [0.3, 0.4) is 0 Å². The third-order valence-electron chi connectivity index (χ3n) is 4.61. The SMILES string of the molecule is CCNC(=NCCCOCC1CCOCC1)NCCNC(=O)c1ccccc1O.I. The Morgan fingerprint density at radius 1 is 1.20 bits per heavy atom. The second kappa shape index (κ2) is 16.1. The van der Waals surface area contributed by atoms with Crippen molar-refractivity contribution < 1.29 is 19.4 Å². The summed E-state index contributed by atoms with van der Waals surface area (Å²) in [6, 6.07) is 6.49. The molecule has 1 aliphatic rings. The van der Waals surface area contributed by atoms with Crippen molar-refractivity contribution >= 4 is 35.8 Å². The highest BCUT2D eigenvalue weighted by atomic mass is 127. The number of phenols is 1. The molecular weight excluding hydrogens is 499 g/mol. The molecule has 1 aromatic carbocycles. The van der Waals surface area contributed by atoms with Crippen molar-refractivity contribution in [2.45, 2.75) is 26.2 Å². The van der Waals surface area contributed by atoms with Gasteiger partial charge < -0.3 is 30.5 Å². The van der Waals surface area contributed by atoms with Gasteiger partial charge in [0.2, 0.25) is 0 Å². The van der Waals surface area contributed by atoms with E-state index in [-0.39, 0.29) is 41.2 Å². The number of carbonyl (C=O) groups is 1. The Morgan fingerprint density at radius 2 is 1.93 bits per heavy atom. The first kappa shape index (κ1) is 26.4. The topological polar surface area (TPSA) is 104 Å². The van der Waals surface area contributed by atoms with Crippen molar-refractivity contribution in [2.24, 2.45) is 10.9 Å². The molecule has 0 aromatic heterocycles. The molecule has 1 saturated heterocycles. The number of halogens is 1. The number of aliphatic imine (C=N–C) groups is 1. The number of nitrogens with zero attached hydrogens (tertiary/aromatic N) is 1.